The van der Waals surface area contributed by atoms with Crippen molar-refractivity contribution in [1.82, 2.24) is 0 Å². The van der Waals surface area contributed by atoms with E-state index in [1.54, 1.807) is 13.8 Å². The summed E-state index contributed by atoms with van der Waals surface area (Å²) in [5, 5.41) is 8.20. The van der Waals surface area contributed by atoms with E-state index in [2.05, 4.69) is 0 Å². The van der Waals surface area contributed by atoms with Gasteiger partial charge in [-0.3, -0.25) is 0 Å². The van der Waals surface area contributed by atoms with Crippen LogP contribution in [0.25, 0.3) is 0 Å². The van der Waals surface area contributed by atoms with Gasteiger partial charge in [-0.05, 0) is 5.92 Å². The lowest BCUT2D eigenvalue weighted by Gasteiger charge is -2.14. The molecule has 0 saturated heterocycles. The van der Waals surface area contributed by atoms with E-state index in [-0.39, 0.29) is 5.92 Å². The molecule has 50 valence electrons. The van der Waals surface area contributed by atoms with Crippen molar-refractivity contribution in [3.63, 3.8) is 0 Å². The van der Waals surface area contributed by atoms with Crippen molar-refractivity contribution in [3.8, 4) is 0 Å². The average Bonchev–Trinajstić information content (AvgIpc) is 1.64. The molecule has 0 saturated carbocycles. The third-order valence-electron chi connectivity index (χ3n) is 1.09. The molecular formula is C5H12FNO. The van der Waals surface area contributed by atoms with Crippen LogP contribution in [0.3, 0.4) is 0 Å². The number of rotatable bonds is 2. The Kier molecular flexibility index (Phi) is 2.94. The van der Waals surface area contributed by atoms with Gasteiger partial charge in [0.25, 0.3) is 0 Å². The van der Waals surface area contributed by atoms with Gasteiger partial charge in [-0.1, -0.05) is 13.8 Å². The molecule has 0 heterocycles. The van der Waals surface area contributed by atoms with E-state index >= 15 is 0 Å². The van der Waals surface area contributed by atoms with Crippen LogP contribution < -0.4 is 5.73 Å². The van der Waals surface area contributed by atoms with Crippen LogP contribution >= 0.6 is 0 Å². The monoisotopic (exact) mass is 121 g/mol. The van der Waals surface area contributed by atoms with E-state index in [1.807, 2.05) is 0 Å². The summed E-state index contributed by atoms with van der Waals surface area (Å²) < 4.78 is 11.8. The van der Waals surface area contributed by atoms with Crippen LogP contribution in [0.5, 0.6) is 0 Å². The van der Waals surface area contributed by atoms with E-state index < -0.39 is 12.4 Å². The molecule has 0 fully saturated rings. The van der Waals surface area contributed by atoms with Gasteiger partial charge < -0.3 is 10.8 Å². The van der Waals surface area contributed by atoms with E-state index in [0.29, 0.717) is 0 Å². The van der Waals surface area contributed by atoms with Gasteiger partial charge in [0.05, 0.1) is 6.04 Å². The number of alkyl halides is 1. The van der Waals surface area contributed by atoms with Gasteiger partial charge in [0.1, 0.15) is 0 Å². The number of halogens is 1. The Hall–Kier alpha value is -0.150. The first-order valence-corrected chi connectivity index (χ1v) is 2.63. The maximum atomic E-state index is 11.8. The minimum atomic E-state index is -1.88. The van der Waals surface area contributed by atoms with Crippen molar-refractivity contribution in [3.05, 3.63) is 0 Å². The molecule has 0 aromatic heterocycles. The lowest BCUT2D eigenvalue weighted by Crippen LogP contribution is -2.36. The van der Waals surface area contributed by atoms with E-state index in [1.165, 1.54) is 0 Å². The predicted octanol–water partition coefficient (Wildman–Crippen LogP) is 0.258. The fourth-order valence-electron chi connectivity index (χ4n) is 0.318. The molecule has 8 heavy (non-hydrogen) atoms. The van der Waals surface area contributed by atoms with Crippen LogP contribution in [0.4, 0.5) is 4.39 Å². The molecule has 3 N–H and O–H groups in total. The maximum Gasteiger partial charge on any atom is 0.211 e. The Bertz CT molecular complexity index is 57.4. The summed E-state index contributed by atoms with van der Waals surface area (Å²) in [6.45, 7) is 3.51. The second-order valence-electron chi connectivity index (χ2n) is 2.19. The fraction of sp³-hybridized carbons (Fsp3) is 1.00. The van der Waals surface area contributed by atoms with Gasteiger partial charge >= 0.3 is 0 Å². The Labute approximate surface area is 48.5 Å². The van der Waals surface area contributed by atoms with Crippen LogP contribution in [-0.4, -0.2) is 17.5 Å². The molecule has 0 radical (unpaired) electrons. The van der Waals surface area contributed by atoms with Gasteiger partial charge in [0.15, 0.2) is 0 Å². The van der Waals surface area contributed by atoms with Crippen molar-refractivity contribution in [2.24, 2.45) is 11.7 Å². The third-order valence-corrected chi connectivity index (χ3v) is 1.09. The number of nitrogens with two attached hydrogens (primary N) is 1. The first-order chi connectivity index (χ1) is 3.55. The SMILES string of the molecule is CC(C)C(N)C(O)F. The highest BCUT2D eigenvalue weighted by Crippen LogP contribution is 2.03. The summed E-state index contributed by atoms with van der Waals surface area (Å²) in [5.74, 6) is -0.00463. The van der Waals surface area contributed by atoms with Gasteiger partial charge in [-0.15, -0.1) is 0 Å². The molecule has 2 unspecified atom stereocenters. The summed E-state index contributed by atoms with van der Waals surface area (Å²) in [6, 6.07) is -0.741. The highest BCUT2D eigenvalue weighted by atomic mass is 19.1. The summed E-state index contributed by atoms with van der Waals surface area (Å²) in [5.41, 5.74) is 5.13. The van der Waals surface area contributed by atoms with Crippen molar-refractivity contribution in [2.45, 2.75) is 26.2 Å². The maximum absolute atomic E-state index is 11.8. The largest absolute Gasteiger partial charge is 0.363 e. The second-order valence-corrected chi connectivity index (χ2v) is 2.19. The van der Waals surface area contributed by atoms with E-state index in [9.17, 15) is 4.39 Å². The van der Waals surface area contributed by atoms with Crippen LogP contribution in [0, 0.1) is 5.92 Å². The fourth-order valence-corrected chi connectivity index (χ4v) is 0.318. The molecular weight excluding hydrogens is 109 g/mol. The van der Waals surface area contributed by atoms with Gasteiger partial charge in [-0.25, -0.2) is 4.39 Å². The highest BCUT2D eigenvalue weighted by molar-refractivity contribution is 4.65. The smallest absolute Gasteiger partial charge is 0.211 e. The quantitative estimate of drug-likeness (QED) is 0.550. The number of aliphatic hydroxyl groups excluding tert-OH is 1. The van der Waals surface area contributed by atoms with Crippen LogP contribution in [0.2, 0.25) is 0 Å². The summed E-state index contributed by atoms with van der Waals surface area (Å²) in [6.07, 6.45) is -1.88. The summed E-state index contributed by atoms with van der Waals surface area (Å²) >= 11 is 0. The topological polar surface area (TPSA) is 46.2 Å². The standard InChI is InChI=1S/C5H12FNO/c1-3(2)4(7)5(6)8/h3-5,8H,7H2,1-2H3. The van der Waals surface area contributed by atoms with Gasteiger partial charge in [0, 0.05) is 0 Å². The molecule has 2 nitrogen and oxygen atoms in total. The summed E-state index contributed by atoms with van der Waals surface area (Å²) in [4.78, 5) is 0. The first-order valence-electron chi connectivity index (χ1n) is 2.63. The molecule has 0 aliphatic carbocycles. The van der Waals surface area contributed by atoms with Crippen molar-refractivity contribution >= 4 is 0 Å². The first kappa shape index (κ1) is 7.85. The van der Waals surface area contributed by atoms with Gasteiger partial charge in [-0.2, -0.15) is 0 Å². The zero-order chi connectivity index (χ0) is 6.73. The zero-order valence-corrected chi connectivity index (χ0v) is 5.13. The Balaban J connectivity index is 3.46. The van der Waals surface area contributed by atoms with Crippen molar-refractivity contribution in [1.29, 1.82) is 0 Å². The molecule has 0 spiro atoms. The normalized spacial score (nSPS) is 18.8. The molecule has 3 heteroatoms. The van der Waals surface area contributed by atoms with E-state index in [0.717, 1.165) is 0 Å². The lowest BCUT2D eigenvalue weighted by molar-refractivity contribution is 0.00580. The minimum Gasteiger partial charge on any atom is -0.363 e. The second kappa shape index (κ2) is 2.99. The van der Waals surface area contributed by atoms with Crippen LogP contribution in [0.1, 0.15) is 13.8 Å². The third kappa shape index (κ3) is 2.23. The number of hydrogen-bond acceptors (Lipinski definition) is 2. The van der Waals surface area contributed by atoms with Gasteiger partial charge in [0.2, 0.25) is 6.36 Å². The molecule has 0 aromatic rings. The molecule has 0 aromatic carbocycles. The van der Waals surface area contributed by atoms with Crippen LogP contribution in [0.15, 0.2) is 0 Å². The van der Waals surface area contributed by atoms with E-state index in [4.69, 9.17) is 10.8 Å². The lowest BCUT2D eigenvalue weighted by atomic mass is 10.1. The molecule has 0 aliphatic heterocycles. The number of aliphatic hydroxyl groups is 1. The van der Waals surface area contributed by atoms with Crippen LogP contribution in [-0.2, 0) is 0 Å². The Morgan fingerprint density at radius 3 is 1.88 bits per heavy atom. The summed E-state index contributed by atoms with van der Waals surface area (Å²) in [7, 11) is 0. The molecule has 0 rings (SSSR count). The van der Waals surface area contributed by atoms with Crippen molar-refractivity contribution in [2.75, 3.05) is 0 Å². The molecule has 2 atom stereocenters. The Morgan fingerprint density at radius 2 is 1.88 bits per heavy atom. The zero-order valence-electron chi connectivity index (χ0n) is 5.13. The minimum absolute atomic E-state index is 0.00463. The molecule has 0 bridgehead atoms. The van der Waals surface area contributed by atoms with Crippen molar-refractivity contribution < 1.29 is 9.50 Å². The average molecular weight is 121 g/mol. The Morgan fingerprint density at radius 1 is 1.50 bits per heavy atom. The number of hydrogen-bond donors (Lipinski definition) is 2. The molecule has 0 amide bonds. The predicted molar refractivity (Wildman–Crippen MR) is 29.9 cm³/mol. The highest BCUT2D eigenvalue weighted by Gasteiger charge is 2.15. The molecule has 0 aliphatic rings.